The number of ether oxygens (including phenoxy) is 1. The summed E-state index contributed by atoms with van der Waals surface area (Å²) in [6.45, 7) is 1.89. The van der Waals surface area contributed by atoms with Crippen molar-refractivity contribution < 1.29 is 9.53 Å². The van der Waals surface area contributed by atoms with Crippen LogP contribution >= 0.6 is 0 Å². The van der Waals surface area contributed by atoms with Gasteiger partial charge in [0.05, 0.1) is 17.6 Å². The van der Waals surface area contributed by atoms with E-state index in [2.05, 4.69) is 15.5 Å². The van der Waals surface area contributed by atoms with Crippen LogP contribution in [0.3, 0.4) is 0 Å². The number of nitrogens with zero attached hydrogens (tertiary/aromatic N) is 1. The maximum atomic E-state index is 12.2. The summed E-state index contributed by atoms with van der Waals surface area (Å²) in [5, 5.41) is 10.5. The van der Waals surface area contributed by atoms with Gasteiger partial charge in [0.2, 0.25) is 0 Å². The molecule has 2 N–H and O–H groups in total. The minimum absolute atomic E-state index is 0.207. The summed E-state index contributed by atoms with van der Waals surface area (Å²) in [4.78, 5) is 23.9. The van der Waals surface area contributed by atoms with Crippen molar-refractivity contribution in [1.29, 1.82) is 0 Å². The summed E-state index contributed by atoms with van der Waals surface area (Å²) in [6.07, 6.45) is -0.638. The highest BCUT2D eigenvalue weighted by Gasteiger charge is 2.15. The van der Waals surface area contributed by atoms with Gasteiger partial charge in [0, 0.05) is 5.39 Å². The van der Waals surface area contributed by atoms with Crippen molar-refractivity contribution in [2.45, 2.75) is 19.6 Å². The predicted octanol–water partition coefficient (Wildman–Crippen LogP) is 2.01. The van der Waals surface area contributed by atoms with Crippen LogP contribution in [0.1, 0.15) is 12.6 Å². The highest BCUT2D eigenvalue weighted by Crippen LogP contribution is 2.13. The van der Waals surface area contributed by atoms with E-state index < -0.39 is 6.10 Å². The van der Waals surface area contributed by atoms with E-state index in [9.17, 15) is 9.59 Å². The Bertz CT molecular complexity index is 906. The normalized spacial score (nSPS) is 11.9. The molecule has 6 heteroatoms. The molecule has 0 aliphatic heterocycles. The Morgan fingerprint density at radius 3 is 2.54 bits per heavy atom. The predicted molar refractivity (Wildman–Crippen MR) is 90.7 cm³/mol. The van der Waals surface area contributed by atoms with Gasteiger partial charge in [-0.25, -0.2) is 5.10 Å². The quantitative estimate of drug-likeness (QED) is 0.752. The highest BCUT2D eigenvalue weighted by atomic mass is 16.5. The van der Waals surface area contributed by atoms with E-state index in [0.717, 1.165) is 5.39 Å². The number of hydrogen-bond acceptors (Lipinski definition) is 4. The number of para-hydroxylation sites is 1. The van der Waals surface area contributed by atoms with Crippen molar-refractivity contribution in [3.8, 4) is 5.75 Å². The average molecular weight is 323 g/mol. The Morgan fingerprint density at radius 2 is 1.79 bits per heavy atom. The number of aromatic nitrogens is 2. The van der Waals surface area contributed by atoms with Crippen molar-refractivity contribution >= 4 is 16.7 Å². The number of nitrogens with one attached hydrogen (secondary N) is 2. The minimum atomic E-state index is -0.638. The fourth-order valence-electron chi connectivity index (χ4n) is 2.38. The van der Waals surface area contributed by atoms with Gasteiger partial charge >= 0.3 is 0 Å². The van der Waals surface area contributed by atoms with Crippen LogP contribution < -0.4 is 15.6 Å². The lowest BCUT2D eigenvalue weighted by atomic mass is 10.1. The second-order valence-corrected chi connectivity index (χ2v) is 5.34. The molecule has 0 fully saturated rings. The molecular formula is C18H17N3O3. The highest BCUT2D eigenvalue weighted by molar-refractivity contribution is 5.84. The van der Waals surface area contributed by atoms with Crippen LogP contribution in [0.25, 0.3) is 10.8 Å². The second-order valence-electron chi connectivity index (χ2n) is 5.34. The fourth-order valence-corrected chi connectivity index (χ4v) is 2.38. The van der Waals surface area contributed by atoms with Crippen molar-refractivity contribution in [2.24, 2.45) is 0 Å². The molecule has 24 heavy (non-hydrogen) atoms. The van der Waals surface area contributed by atoms with Gasteiger partial charge < -0.3 is 10.1 Å². The SMILES string of the molecule is CC(Oc1ccccc1)C(=O)NCc1n[nH]c(=O)c2ccccc12. The van der Waals surface area contributed by atoms with Crippen molar-refractivity contribution in [3.63, 3.8) is 0 Å². The Kier molecular flexibility index (Phi) is 4.56. The van der Waals surface area contributed by atoms with E-state index in [1.54, 1.807) is 31.2 Å². The van der Waals surface area contributed by atoms with E-state index >= 15 is 0 Å². The maximum Gasteiger partial charge on any atom is 0.272 e. The van der Waals surface area contributed by atoms with E-state index in [0.29, 0.717) is 16.8 Å². The zero-order chi connectivity index (χ0) is 16.9. The summed E-state index contributed by atoms with van der Waals surface area (Å²) in [6, 6.07) is 16.3. The number of fused-ring (bicyclic) bond motifs is 1. The standard InChI is InChI=1S/C18H17N3O3/c1-12(24-13-7-3-2-4-8-13)17(22)19-11-16-14-9-5-6-10-15(14)18(23)21-20-16/h2-10,12H,11H2,1H3,(H,19,22)(H,21,23). The van der Waals surface area contributed by atoms with Crippen molar-refractivity contribution in [2.75, 3.05) is 0 Å². The van der Waals surface area contributed by atoms with Gasteiger partial charge in [-0.1, -0.05) is 36.4 Å². The molecule has 122 valence electrons. The third-order valence-electron chi connectivity index (χ3n) is 3.63. The zero-order valence-electron chi connectivity index (χ0n) is 13.2. The van der Waals surface area contributed by atoms with E-state index in [1.165, 1.54) is 0 Å². The average Bonchev–Trinajstić information content (AvgIpc) is 2.62. The summed E-state index contributed by atoms with van der Waals surface area (Å²) in [5.74, 6) is 0.378. The smallest absolute Gasteiger partial charge is 0.272 e. The van der Waals surface area contributed by atoms with E-state index in [1.807, 2.05) is 30.3 Å². The van der Waals surface area contributed by atoms with Gasteiger partial charge in [-0.05, 0) is 25.1 Å². The van der Waals surface area contributed by atoms with Gasteiger partial charge in [0.15, 0.2) is 6.10 Å². The first kappa shape index (κ1) is 15.7. The third kappa shape index (κ3) is 3.43. The minimum Gasteiger partial charge on any atom is -0.481 e. The summed E-state index contributed by atoms with van der Waals surface area (Å²) in [7, 11) is 0. The Morgan fingerprint density at radius 1 is 1.12 bits per heavy atom. The van der Waals surface area contributed by atoms with Crippen LogP contribution in [0.15, 0.2) is 59.4 Å². The van der Waals surface area contributed by atoms with Gasteiger partial charge in [0.1, 0.15) is 5.75 Å². The van der Waals surface area contributed by atoms with E-state index in [-0.39, 0.29) is 18.0 Å². The molecule has 0 radical (unpaired) electrons. The third-order valence-corrected chi connectivity index (χ3v) is 3.63. The van der Waals surface area contributed by atoms with Crippen LogP contribution in [0, 0.1) is 0 Å². The first-order valence-corrected chi connectivity index (χ1v) is 7.61. The Labute approximate surface area is 138 Å². The molecule has 0 saturated heterocycles. The lowest BCUT2D eigenvalue weighted by molar-refractivity contribution is -0.127. The van der Waals surface area contributed by atoms with E-state index in [4.69, 9.17) is 4.74 Å². The monoisotopic (exact) mass is 323 g/mol. The number of hydrogen-bond donors (Lipinski definition) is 2. The summed E-state index contributed by atoms with van der Waals surface area (Å²) < 4.78 is 5.58. The molecule has 6 nitrogen and oxygen atoms in total. The van der Waals surface area contributed by atoms with Gasteiger partial charge in [-0.15, -0.1) is 0 Å². The molecule has 1 unspecified atom stereocenters. The molecule has 0 bridgehead atoms. The molecule has 3 aromatic rings. The maximum absolute atomic E-state index is 12.2. The summed E-state index contributed by atoms with van der Waals surface area (Å²) in [5.41, 5.74) is 0.354. The number of carbonyl (C=O) groups excluding carboxylic acids is 1. The molecule has 2 aromatic carbocycles. The second kappa shape index (κ2) is 6.95. The van der Waals surface area contributed by atoms with Crippen LogP contribution in [0.5, 0.6) is 5.75 Å². The lowest BCUT2D eigenvalue weighted by Gasteiger charge is -2.14. The fraction of sp³-hybridized carbons (Fsp3) is 0.167. The number of rotatable bonds is 5. The molecule has 1 amide bonds. The number of H-pyrrole nitrogens is 1. The Hall–Kier alpha value is -3.15. The molecule has 1 atom stereocenters. The van der Waals surface area contributed by atoms with Crippen molar-refractivity contribution in [1.82, 2.24) is 15.5 Å². The molecule has 1 heterocycles. The number of benzene rings is 2. The molecule has 0 aliphatic carbocycles. The number of carbonyl (C=O) groups is 1. The molecule has 0 saturated carbocycles. The van der Waals surface area contributed by atoms with Gasteiger partial charge in [-0.2, -0.15) is 5.10 Å². The topological polar surface area (TPSA) is 84.1 Å². The molecular weight excluding hydrogens is 306 g/mol. The van der Waals surface area contributed by atoms with Crippen LogP contribution in [-0.2, 0) is 11.3 Å². The van der Waals surface area contributed by atoms with Gasteiger partial charge in [0.25, 0.3) is 11.5 Å². The van der Waals surface area contributed by atoms with Crippen molar-refractivity contribution in [3.05, 3.63) is 70.6 Å². The first-order valence-electron chi connectivity index (χ1n) is 7.61. The van der Waals surface area contributed by atoms with Crippen LogP contribution in [0.4, 0.5) is 0 Å². The summed E-state index contributed by atoms with van der Waals surface area (Å²) >= 11 is 0. The molecule has 0 spiro atoms. The van der Waals surface area contributed by atoms with Crippen LogP contribution in [0.2, 0.25) is 0 Å². The Balaban J connectivity index is 1.68. The van der Waals surface area contributed by atoms with Crippen LogP contribution in [-0.4, -0.2) is 22.2 Å². The lowest BCUT2D eigenvalue weighted by Crippen LogP contribution is -2.36. The number of amides is 1. The first-order chi connectivity index (χ1) is 11.6. The zero-order valence-corrected chi connectivity index (χ0v) is 13.2. The molecule has 3 rings (SSSR count). The largest absolute Gasteiger partial charge is 0.481 e. The number of aromatic amines is 1. The van der Waals surface area contributed by atoms with Gasteiger partial charge in [-0.3, -0.25) is 9.59 Å². The molecule has 0 aliphatic rings. The molecule has 1 aromatic heterocycles.